The van der Waals surface area contributed by atoms with E-state index < -0.39 is 0 Å². The SMILES string of the molecule is CCCC1CCC(C(N)c2ccc(C(C)(C)C)cc2)CC1. The summed E-state index contributed by atoms with van der Waals surface area (Å²) in [6.07, 6.45) is 8.12. The zero-order chi connectivity index (χ0) is 15.5. The molecule has 0 heterocycles. The summed E-state index contributed by atoms with van der Waals surface area (Å²) < 4.78 is 0. The second-order valence-corrected chi connectivity index (χ2v) is 7.97. The van der Waals surface area contributed by atoms with Crippen molar-refractivity contribution in [2.45, 2.75) is 77.7 Å². The van der Waals surface area contributed by atoms with E-state index in [4.69, 9.17) is 5.73 Å². The van der Waals surface area contributed by atoms with Crippen molar-refractivity contribution in [3.8, 4) is 0 Å². The number of rotatable bonds is 4. The zero-order valence-corrected chi connectivity index (χ0v) is 14.4. The van der Waals surface area contributed by atoms with Gasteiger partial charge in [-0.3, -0.25) is 0 Å². The van der Waals surface area contributed by atoms with Crippen molar-refractivity contribution >= 4 is 0 Å². The lowest BCUT2D eigenvalue weighted by molar-refractivity contribution is 0.234. The van der Waals surface area contributed by atoms with Crippen molar-refractivity contribution in [3.63, 3.8) is 0 Å². The van der Waals surface area contributed by atoms with E-state index in [1.807, 2.05) is 0 Å². The average molecular weight is 287 g/mol. The van der Waals surface area contributed by atoms with Crippen LogP contribution < -0.4 is 5.73 Å². The molecule has 21 heavy (non-hydrogen) atoms. The van der Waals surface area contributed by atoms with Crippen molar-refractivity contribution in [1.82, 2.24) is 0 Å². The van der Waals surface area contributed by atoms with Crippen LogP contribution in [-0.2, 0) is 5.41 Å². The van der Waals surface area contributed by atoms with Crippen LogP contribution in [0.4, 0.5) is 0 Å². The Balaban J connectivity index is 1.96. The first-order chi connectivity index (χ1) is 9.91. The second kappa shape index (κ2) is 6.96. The van der Waals surface area contributed by atoms with Crippen LogP contribution in [0, 0.1) is 11.8 Å². The predicted molar refractivity (Wildman–Crippen MR) is 92.4 cm³/mol. The summed E-state index contributed by atoms with van der Waals surface area (Å²) in [7, 11) is 0. The van der Waals surface area contributed by atoms with Gasteiger partial charge in [-0.1, -0.05) is 77.6 Å². The van der Waals surface area contributed by atoms with Crippen LogP contribution >= 0.6 is 0 Å². The maximum atomic E-state index is 6.55. The number of hydrogen-bond donors (Lipinski definition) is 1. The van der Waals surface area contributed by atoms with E-state index in [9.17, 15) is 0 Å². The first-order valence-electron chi connectivity index (χ1n) is 8.78. The molecule has 1 aromatic rings. The Bertz CT molecular complexity index is 418. The Labute approximate surface area is 131 Å². The van der Waals surface area contributed by atoms with Crippen LogP contribution in [-0.4, -0.2) is 0 Å². The van der Waals surface area contributed by atoms with Gasteiger partial charge in [-0.05, 0) is 41.2 Å². The van der Waals surface area contributed by atoms with Gasteiger partial charge in [-0.25, -0.2) is 0 Å². The Morgan fingerprint density at radius 2 is 1.62 bits per heavy atom. The highest BCUT2D eigenvalue weighted by molar-refractivity contribution is 5.29. The minimum Gasteiger partial charge on any atom is -0.324 e. The molecule has 2 rings (SSSR count). The number of hydrogen-bond acceptors (Lipinski definition) is 1. The Kier molecular flexibility index (Phi) is 5.48. The zero-order valence-electron chi connectivity index (χ0n) is 14.4. The van der Waals surface area contributed by atoms with Gasteiger partial charge in [-0.2, -0.15) is 0 Å². The van der Waals surface area contributed by atoms with Crippen LogP contribution in [0.3, 0.4) is 0 Å². The summed E-state index contributed by atoms with van der Waals surface area (Å²) in [6.45, 7) is 9.08. The molecular weight excluding hydrogens is 254 g/mol. The predicted octanol–water partition coefficient (Wildman–Crippen LogP) is 5.59. The molecule has 1 atom stereocenters. The normalized spacial score (nSPS) is 24.8. The molecule has 1 unspecified atom stereocenters. The van der Waals surface area contributed by atoms with Gasteiger partial charge in [0.2, 0.25) is 0 Å². The maximum Gasteiger partial charge on any atom is 0.0323 e. The molecule has 0 amide bonds. The van der Waals surface area contributed by atoms with Crippen LogP contribution in [0.1, 0.15) is 83.4 Å². The standard InChI is InChI=1S/C20H33N/c1-5-6-15-7-9-16(10-8-15)19(21)17-11-13-18(14-12-17)20(2,3)4/h11-16,19H,5-10,21H2,1-4H3. The smallest absolute Gasteiger partial charge is 0.0323 e. The highest BCUT2D eigenvalue weighted by Gasteiger charge is 2.26. The highest BCUT2D eigenvalue weighted by atomic mass is 14.7. The Hall–Kier alpha value is -0.820. The average Bonchev–Trinajstić information content (AvgIpc) is 2.47. The van der Waals surface area contributed by atoms with Crippen LogP contribution in [0.25, 0.3) is 0 Å². The summed E-state index contributed by atoms with van der Waals surface area (Å²) in [5.41, 5.74) is 9.49. The lowest BCUT2D eigenvalue weighted by Gasteiger charge is -2.32. The van der Waals surface area contributed by atoms with E-state index in [-0.39, 0.29) is 11.5 Å². The molecule has 1 nitrogen and oxygen atoms in total. The second-order valence-electron chi connectivity index (χ2n) is 7.97. The molecule has 1 heteroatoms. The first kappa shape index (κ1) is 16.5. The fourth-order valence-corrected chi connectivity index (χ4v) is 3.72. The van der Waals surface area contributed by atoms with Crippen molar-refractivity contribution in [1.29, 1.82) is 0 Å². The fourth-order valence-electron chi connectivity index (χ4n) is 3.72. The van der Waals surface area contributed by atoms with Crippen molar-refractivity contribution < 1.29 is 0 Å². The summed E-state index contributed by atoms with van der Waals surface area (Å²) in [4.78, 5) is 0. The first-order valence-corrected chi connectivity index (χ1v) is 8.78. The molecule has 1 aromatic carbocycles. The Morgan fingerprint density at radius 3 is 2.10 bits per heavy atom. The molecule has 0 saturated heterocycles. The fraction of sp³-hybridized carbons (Fsp3) is 0.700. The van der Waals surface area contributed by atoms with E-state index in [0.717, 1.165) is 5.92 Å². The largest absolute Gasteiger partial charge is 0.324 e. The molecule has 0 spiro atoms. The minimum absolute atomic E-state index is 0.223. The highest BCUT2D eigenvalue weighted by Crippen LogP contribution is 2.37. The molecule has 1 aliphatic rings. The molecule has 0 radical (unpaired) electrons. The molecule has 0 aromatic heterocycles. The van der Waals surface area contributed by atoms with Crippen molar-refractivity contribution in [2.24, 2.45) is 17.6 Å². The van der Waals surface area contributed by atoms with E-state index in [1.165, 1.54) is 49.7 Å². The monoisotopic (exact) mass is 287 g/mol. The molecule has 0 aliphatic heterocycles. The quantitative estimate of drug-likeness (QED) is 0.767. The van der Waals surface area contributed by atoms with Crippen LogP contribution in [0.15, 0.2) is 24.3 Å². The summed E-state index contributed by atoms with van der Waals surface area (Å²) >= 11 is 0. The van der Waals surface area contributed by atoms with Gasteiger partial charge < -0.3 is 5.73 Å². The van der Waals surface area contributed by atoms with Crippen molar-refractivity contribution in [2.75, 3.05) is 0 Å². The topological polar surface area (TPSA) is 26.0 Å². The molecule has 1 fully saturated rings. The van der Waals surface area contributed by atoms with Gasteiger partial charge in [-0.15, -0.1) is 0 Å². The lowest BCUT2D eigenvalue weighted by atomic mass is 9.75. The minimum atomic E-state index is 0.223. The van der Waals surface area contributed by atoms with Gasteiger partial charge in [0, 0.05) is 6.04 Å². The molecule has 1 saturated carbocycles. The number of benzene rings is 1. The van der Waals surface area contributed by atoms with Gasteiger partial charge in [0.15, 0.2) is 0 Å². The maximum absolute atomic E-state index is 6.55. The summed E-state index contributed by atoms with van der Waals surface area (Å²) in [6, 6.07) is 9.25. The van der Waals surface area contributed by atoms with E-state index in [2.05, 4.69) is 52.0 Å². The third-order valence-electron chi connectivity index (χ3n) is 5.26. The van der Waals surface area contributed by atoms with E-state index in [1.54, 1.807) is 0 Å². The van der Waals surface area contributed by atoms with Crippen LogP contribution in [0.2, 0.25) is 0 Å². The molecule has 118 valence electrons. The van der Waals surface area contributed by atoms with Gasteiger partial charge in [0.05, 0.1) is 0 Å². The van der Waals surface area contributed by atoms with Gasteiger partial charge >= 0.3 is 0 Å². The summed E-state index contributed by atoms with van der Waals surface area (Å²) in [5, 5.41) is 0. The molecular formula is C20H33N. The Morgan fingerprint density at radius 1 is 1.05 bits per heavy atom. The van der Waals surface area contributed by atoms with Gasteiger partial charge in [0.25, 0.3) is 0 Å². The molecule has 1 aliphatic carbocycles. The number of nitrogens with two attached hydrogens (primary N) is 1. The van der Waals surface area contributed by atoms with Gasteiger partial charge in [0.1, 0.15) is 0 Å². The summed E-state index contributed by atoms with van der Waals surface area (Å²) in [5.74, 6) is 1.64. The third-order valence-corrected chi connectivity index (χ3v) is 5.26. The van der Waals surface area contributed by atoms with Crippen LogP contribution in [0.5, 0.6) is 0 Å². The van der Waals surface area contributed by atoms with Crippen molar-refractivity contribution in [3.05, 3.63) is 35.4 Å². The lowest BCUT2D eigenvalue weighted by Crippen LogP contribution is -2.26. The third kappa shape index (κ3) is 4.32. The molecule has 2 N–H and O–H groups in total. The van der Waals surface area contributed by atoms with E-state index in [0.29, 0.717) is 5.92 Å². The molecule has 0 bridgehead atoms. The van der Waals surface area contributed by atoms with E-state index >= 15 is 0 Å².